The highest BCUT2D eigenvalue weighted by molar-refractivity contribution is 6.04. The summed E-state index contributed by atoms with van der Waals surface area (Å²) in [5, 5.41) is 6.01. The number of hydrogen-bond acceptors (Lipinski definition) is 8. The van der Waals surface area contributed by atoms with Crippen LogP contribution in [-0.2, 0) is 0 Å². The van der Waals surface area contributed by atoms with Crippen LogP contribution in [0.4, 0.5) is 20.2 Å². The Morgan fingerprint density at radius 3 is 1.48 bits per heavy atom. The Kier molecular flexibility index (Phi) is 8.14. The van der Waals surface area contributed by atoms with Crippen molar-refractivity contribution in [2.24, 2.45) is 11.5 Å². The van der Waals surface area contributed by atoms with Crippen LogP contribution in [0, 0.1) is 11.6 Å². The molecule has 0 unspecified atom stereocenters. The fourth-order valence-corrected chi connectivity index (χ4v) is 7.12. The Balaban J connectivity index is 0.000000152. The lowest BCUT2D eigenvalue weighted by Crippen LogP contribution is -2.49. The molecule has 248 valence electrons. The normalized spacial score (nSPS) is 22.0. The molecule has 10 nitrogen and oxygen atoms in total. The zero-order chi connectivity index (χ0) is 33.7. The molecule has 0 aromatic heterocycles. The van der Waals surface area contributed by atoms with Crippen LogP contribution in [0.2, 0.25) is 0 Å². The topological polar surface area (TPSA) is 135 Å². The molecule has 0 radical (unpaired) electrons. The van der Waals surface area contributed by atoms with Gasteiger partial charge in [-0.15, -0.1) is 0 Å². The SMILES string of the molecule is COc1cc([C@@H]2NC(=O)c3cccc4c3N2CC[C@H]4N)ccc1F.COc1cc([C@H]2NC(=O)c3cccc4c3N2CC[C@@H]4N)ccc1F. The number of nitrogens with two attached hydrogens (primary N) is 2. The lowest BCUT2D eigenvalue weighted by atomic mass is 9.90. The van der Waals surface area contributed by atoms with Crippen molar-refractivity contribution in [2.45, 2.75) is 37.3 Å². The van der Waals surface area contributed by atoms with Gasteiger partial charge < -0.3 is 41.4 Å². The van der Waals surface area contributed by atoms with Crippen LogP contribution in [0.1, 0.15) is 80.2 Å². The minimum atomic E-state index is -0.426. The van der Waals surface area contributed by atoms with Gasteiger partial charge in [-0.3, -0.25) is 9.59 Å². The fraction of sp³-hybridized carbons (Fsp3) is 0.278. The Bertz CT molecular complexity index is 1780. The number of hydrogen-bond donors (Lipinski definition) is 4. The summed E-state index contributed by atoms with van der Waals surface area (Å²) in [7, 11) is 2.85. The van der Waals surface area contributed by atoms with E-state index in [-0.39, 0.29) is 47.7 Å². The number of carbonyl (C=O) groups is 2. The highest BCUT2D eigenvalue weighted by Gasteiger charge is 2.39. The molecule has 4 aromatic carbocycles. The maximum Gasteiger partial charge on any atom is 0.255 e. The van der Waals surface area contributed by atoms with Gasteiger partial charge in [-0.25, -0.2) is 8.78 Å². The van der Waals surface area contributed by atoms with E-state index in [1.807, 2.05) is 24.3 Å². The van der Waals surface area contributed by atoms with Gasteiger partial charge in [0.05, 0.1) is 36.7 Å². The molecule has 6 N–H and O–H groups in total. The van der Waals surface area contributed by atoms with Gasteiger partial charge in [0.1, 0.15) is 12.3 Å². The molecule has 0 saturated carbocycles. The van der Waals surface area contributed by atoms with Crippen molar-refractivity contribution >= 4 is 23.2 Å². The highest BCUT2D eigenvalue weighted by Crippen LogP contribution is 2.44. The van der Waals surface area contributed by atoms with Crippen LogP contribution < -0.4 is 41.4 Å². The monoisotopic (exact) mass is 654 g/mol. The predicted molar refractivity (Wildman–Crippen MR) is 177 cm³/mol. The van der Waals surface area contributed by atoms with Crippen molar-refractivity contribution < 1.29 is 27.8 Å². The summed E-state index contributed by atoms with van der Waals surface area (Å²) >= 11 is 0. The average Bonchev–Trinajstić information content (AvgIpc) is 3.10. The third-order valence-corrected chi connectivity index (χ3v) is 9.50. The molecular formula is C36H36F2N6O4. The molecule has 0 spiro atoms. The number of methoxy groups -OCH3 is 2. The Labute approximate surface area is 276 Å². The summed E-state index contributed by atoms with van der Waals surface area (Å²) in [6.45, 7) is 1.44. The number of amides is 2. The first-order valence-corrected chi connectivity index (χ1v) is 15.8. The summed E-state index contributed by atoms with van der Waals surface area (Å²) in [5.41, 5.74) is 19.0. The van der Waals surface area contributed by atoms with E-state index in [1.54, 1.807) is 36.4 Å². The Hall–Kier alpha value is -5.20. The third-order valence-electron chi connectivity index (χ3n) is 9.50. The van der Waals surface area contributed by atoms with E-state index in [4.69, 9.17) is 20.9 Å². The van der Waals surface area contributed by atoms with Gasteiger partial charge in [0.25, 0.3) is 11.8 Å². The fourth-order valence-electron chi connectivity index (χ4n) is 7.12. The van der Waals surface area contributed by atoms with Crippen molar-refractivity contribution in [3.05, 3.63) is 118 Å². The number of rotatable bonds is 4. The number of halogens is 2. The summed E-state index contributed by atoms with van der Waals surface area (Å²) in [6, 6.07) is 20.4. The molecule has 4 heterocycles. The van der Waals surface area contributed by atoms with E-state index in [0.29, 0.717) is 11.1 Å². The molecule has 4 aromatic rings. The van der Waals surface area contributed by atoms with E-state index in [1.165, 1.54) is 26.4 Å². The van der Waals surface area contributed by atoms with E-state index in [2.05, 4.69) is 20.4 Å². The average molecular weight is 655 g/mol. The maximum atomic E-state index is 13.7. The van der Waals surface area contributed by atoms with Crippen LogP contribution >= 0.6 is 0 Å². The molecule has 4 aliphatic rings. The van der Waals surface area contributed by atoms with E-state index < -0.39 is 11.6 Å². The summed E-state index contributed by atoms with van der Waals surface area (Å²) in [4.78, 5) is 29.4. The van der Waals surface area contributed by atoms with Gasteiger partial charge in [-0.05, 0) is 71.5 Å². The van der Waals surface area contributed by atoms with Gasteiger partial charge in [0, 0.05) is 25.2 Å². The predicted octanol–water partition coefficient (Wildman–Crippen LogP) is 4.97. The molecular weight excluding hydrogens is 618 g/mol. The summed E-state index contributed by atoms with van der Waals surface area (Å²) in [5.74, 6) is -0.824. The number of para-hydroxylation sites is 2. The van der Waals surface area contributed by atoms with Gasteiger partial charge in [0.2, 0.25) is 0 Å². The molecule has 4 aliphatic heterocycles. The van der Waals surface area contributed by atoms with Crippen molar-refractivity contribution in [3.8, 4) is 11.5 Å². The zero-order valence-corrected chi connectivity index (χ0v) is 26.5. The van der Waals surface area contributed by atoms with Gasteiger partial charge in [-0.2, -0.15) is 0 Å². The summed E-state index contributed by atoms with van der Waals surface area (Å²) in [6.07, 6.45) is 0.851. The molecule has 2 amide bonds. The van der Waals surface area contributed by atoms with Crippen LogP contribution in [0.3, 0.4) is 0 Å². The molecule has 4 atom stereocenters. The molecule has 0 saturated heterocycles. The van der Waals surface area contributed by atoms with E-state index >= 15 is 0 Å². The van der Waals surface area contributed by atoms with E-state index in [0.717, 1.165) is 59.6 Å². The maximum absolute atomic E-state index is 13.7. The van der Waals surface area contributed by atoms with Crippen molar-refractivity contribution in [1.29, 1.82) is 0 Å². The quantitative estimate of drug-likeness (QED) is 0.242. The number of carbonyl (C=O) groups excluding carboxylic acids is 2. The molecule has 0 aliphatic carbocycles. The summed E-state index contributed by atoms with van der Waals surface area (Å²) < 4.78 is 37.6. The Morgan fingerprint density at radius 1 is 0.667 bits per heavy atom. The Morgan fingerprint density at radius 2 is 1.08 bits per heavy atom. The first kappa shape index (κ1) is 31.4. The highest BCUT2D eigenvalue weighted by atomic mass is 19.1. The minimum Gasteiger partial charge on any atom is -0.494 e. The second-order valence-electron chi connectivity index (χ2n) is 12.2. The largest absolute Gasteiger partial charge is 0.494 e. The van der Waals surface area contributed by atoms with Gasteiger partial charge >= 0.3 is 0 Å². The van der Waals surface area contributed by atoms with Crippen molar-refractivity contribution in [3.63, 3.8) is 0 Å². The first-order valence-electron chi connectivity index (χ1n) is 15.8. The zero-order valence-electron chi connectivity index (χ0n) is 26.5. The van der Waals surface area contributed by atoms with Crippen LogP contribution in [0.25, 0.3) is 0 Å². The second-order valence-corrected chi connectivity index (χ2v) is 12.2. The van der Waals surface area contributed by atoms with Gasteiger partial charge in [-0.1, -0.05) is 36.4 Å². The first-order chi connectivity index (χ1) is 23.2. The van der Waals surface area contributed by atoms with E-state index in [9.17, 15) is 18.4 Å². The van der Waals surface area contributed by atoms with Crippen LogP contribution in [-0.4, -0.2) is 39.1 Å². The lowest BCUT2D eigenvalue weighted by Gasteiger charge is -2.44. The molecule has 12 heteroatoms. The van der Waals surface area contributed by atoms with Gasteiger partial charge in [0.15, 0.2) is 23.1 Å². The number of nitrogens with zero attached hydrogens (tertiary/aromatic N) is 2. The smallest absolute Gasteiger partial charge is 0.255 e. The minimum absolute atomic E-state index is 0.0782. The number of nitrogens with one attached hydrogen (secondary N) is 2. The number of benzene rings is 4. The second kappa shape index (κ2) is 12.4. The number of ether oxygens (including phenoxy) is 2. The molecule has 8 rings (SSSR count). The standard InChI is InChI=1S/2C18H18FN3O2/c2*1-24-15-9-10(5-6-13(15)19)17-21-18(23)12-4-2-3-11-14(20)7-8-22(17)16(11)12/h2*2-6,9,14,17H,7-8,20H2,1H3,(H,21,23)/t2*14-,17-/m10/s1. The molecule has 48 heavy (non-hydrogen) atoms. The number of anilines is 2. The van der Waals surface area contributed by atoms with Crippen LogP contribution in [0.5, 0.6) is 11.5 Å². The lowest BCUT2D eigenvalue weighted by molar-refractivity contribution is 0.0916. The van der Waals surface area contributed by atoms with Crippen molar-refractivity contribution in [1.82, 2.24) is 10.6 Å². The van der Waals surface area contributed by atoms with Crippen LogP contribution in [0.15, 0.2) is 72.8 Å². The van der Waals surface area contributed by atoms with Crippen molar-refractivity contribution in [2.75, 3.05) is 37.1 Å². The third kappa shape index (κ3) is 5.26. The molecule has 0 bridgehead atoms. The molecule has 0 fully saturated rings.